The molecule has 40 heavy (non-hydrogen) atoms. The van der Waals surface area contributed by atoms with Gasteiger partial charge in [0, 0.05) is 46.7 Å². The van der Waals surface area contributed by atoms with Gasteiger partial charge in [-0.2, -0.15) is 0 Å². The Morgan fingerprint density at radius 1 is 0.400 bits per heavy atom. The number of pyridine rings is 2. The molecule has 8 aromatic rings. The standard InChI is InChI=1S/C34H20N6/c1-3-9-26-24(7-1)31(23-16-22-12-11-21-6-5-13-37-33(21)34(22)40-17-23)25-8-2-4-10-27(25)32(26)30-20-38-29(19-39-30)28-18-35-14-15-36-28/h1-20H. The van der Waals surface area contributed by atoms with Crippen molar-refractivity contribution in [2.75, 3.05) is 0 Å². The van der Waals surface area contributed by atoms with E-state index in [9.17, 15) is 0 Å². The lowest BCUT2D eigenvalue weighted by Gasteiger charge is -2.17. The van der Waals surface area contributed by atoms with Crippen LogP contribution in [0.4, 0.5) is 0 Å². The highest BCUT2D eigenvalue weighted by Crippen LogP contribution is 2.43. The first kappa shape index (κ1) is 22.4. The number of benzene rings is 4. The van der Waals surface area contributed by atoms with Crippen LogP contribution < -0.4 is 0 Å². The number of rotatable bonds is 3. The molecule has 0 bridgehead atoms. The summed E-state index contributed by atoms with van der Waals surface area (Å²) >= 11 is 0. The summed E-state index contributed by atoms with van der Waals surface area (Å²) in [5.41, 5.74) is 7.27. The van der Waals surface area contributed by atoms with Gasteiger partial charge in [0.15, 0.2) is 0 Å². The Balaban J connectivity index is 1.38. The first-order valence-electron chi connectivity index (χ1n) is 13.0. The van der Waals surface area contributed by atoms with E-state index in [1.807, 2.05) is 24.7 Å². The topological polar surface area (TPSA) is 77.3 Å². The molecule has 0 aliphatic rings. The maximum absolute atomic E-state index is 4.92. The summed E-state index contributed by atoms with van der Waals surface area (Å²) in [7, 11) is 0. The maximum Gasteiger partial charge on any atom is 0.109 e. The summed E-state index contributed by atoms with van der Waals surface area (Å²) in [4.78, 5) is 27.6. The third-order valence-electron chi connectivity index (χ3n) is 7.38. The summed E-state index contributed by atoms with van der Waals surface area (Å²) < 4.78 is 0. The predicted molar refractivity (Wildman–Crippen MR) is 160 cm³/mol. The van der Waals surface area contributed by atoms with Crippen molar-refractivity contribution in [3.05, 3.63) is 122 Å². The summed E-state index contributed by atoms with van der Waals surface area (Å²) in [5, 5.41) is 6.64. The van der Waals surface area contributed by atoms with E-state index in [1.165, 1.54) is 0 Å². The Bertz CT molecular complexity index is 2150. The average molecular weight is 513 g/mol. The quantitative estimate of drug-likeness (QED) is 0.179. The van der Waals surface area contributed by atoms with Crippen LogP contribution in [0.5, 0.6) is 0 Å². The van der Waals surface area contributed by atoms with Crippen LogP contribution in [0.3, 0.4) is 0 Å². The molecular formula is C34H20N6. The van der Waals surface area contributed by atoms with Gasteiger partial charge in [-0.3, -0.25) is 29.9 Å². The van der Waals surface area contributed by atoms with E-state index in [4.69, 9.17) is 15.0 Å². The average Bonchev–Trinajstić information content (AvgIpc) is 3.04. The van der Waals surface area contributed by atoms with Gasteiger partial charge in [0.1, 0.15) is 11.4 Å². The van der Waals surface area contributed by atoms with Gasteiger partial charge in [0.05, 0.1) is 35.3 Å². The minimum atomic E-state index is 0.686. The van der Waals surface area contributed by atoms with Crippen LogP contribution in [0.1, 0.15) is 0 Å². The molecule has 186 valence electrons. The Morgan fingerprint density at radius 2 is 1.05 bits per heavy atom. The molecule has 0 amide bonds. The number of hydrogen-bond donors (Lipinski definition) is 0. The minimum absolute atomic E-state index is 0.686. The molecular weight excluding hydrogens is 492 g/mol. The first-order chi connectivity index (χ1) is 19.8. The summed E-state index contributed by atoms with van der Waals surface area (Å²) in [6.07, 6.45) is 12.4. The van der Waals surface area contributed by atoms with Gasteiger partial charge in [-0.05, 0) is 39.2 Å². The molecule has 6 nitrogen and oxygen atoms in total. The molecule has 0 aliphatic heterocycles. The van der Waals surface area contributed by atoms with E-state index in [-0.39, 0.29) is 0 Å². The highest BCUT2D eigenvalue weighted by molar-refractivity contribution is 6.21. The van der Waals surface area contributed by atoms with Gasteiger partial charge >= 0.3 is 0 Å². The normalized spacial score (nSPS) is 11.5. The van der Waals surface area contributed by atoms with Crippen LogP contribution in [-0.4, -0.2) is 29.9 Å². The zero-order valence-electron chi connectivity index (χ0n) is 21.2. The molecule has 4 aromatic carbocycles. The molecule has 4 aromatic heterocycles. The van der Waals surface area contributed by atoms with Crippen molar-refractivity contribution in [1.82, 2.24) is 29.9 Å². The molecule has 6 heteroatoms. The lowest BCUT2D eigenvalue weighted by Crippen LogP contribution is -1.95. The number of aromatic nitrogens is 6. The second-order valence-electron chi connectivity index (χ2n) is 9.66. The van der Waals surface area contributed by atoms with Gasteiger partial charge in [-0.25, -0.2) is 0 Å². The smallest absolute Gasteiger partial charge is 0.109 e. The van der Waals surface area contributed by atoms with Crippen LogP contribution in [-0.2, 0) is 0 Å². The number of hydrogen-bond acceptors (Lipinski definition) is 6. The second kappa shape index (κ2) is 8.99. The first-order valence-corrected chi connectivity index (χ1v) is 13.0. The van der Waals surface area contributed by atoms with E-state index >= 15 is 0 Å². The fourth-order valence-electron chi connectivity index (χ4n) is 5.61. The molecule has 0 saturated heterocycles. The fraction of sp³-hybridized carbons (Fsp3) is 0. The van der Waals surface area contributed by atoms with Crippen LogP contribution in [0.2, 0.25) is 0 Å². The number of fused-ring (bicyclic) bond motifs is 5. The molecule has 4 heterocycles. The van der Waals surface area contributed by atoms with E-state index in [2.05, 4.69) is 87.7 Å². The lowest BCUT2D eigenvalue weighted by atomic mass is 9.87. The zero-order valence-corrected chi connectivity index (χ0v) is 21.2. The molecule has 0 saturated carbocycles. The monoisotopic (exact) mass is 512 g/mol. The van der Waals surface area contributed by atoms with Crippen molar-refractivity contribution < 1.29 is 0 Å². The largest absolute Gasteiger partial charge is 0.261 e. The van der Waals surface area contributed by atoms with Crippen molar-refractivity contribution in [2.24, 2.45) is 0 Å². The molecule has 0 unspecified atom stereocenters. The summed E-state index contributed by atoms with van der Waals surface area (Å²) in [6, 6.07) is 27.5. The molecule has 0 aliphatic carbocycles. The zero-order chi connectivity index (χ0) is 26.5. The van der Waals surface area contributed by atoms with E-state index in [0.717, 1.165) is 65.7 Å². The lowest BCUT2D eigenvalue weighted by molar-refractivity contribution is 1.15. The molecule has 0 radical (unpaired) electrons. The fourth-order valence-corrected chi connectivity index (χ4v) is 5.61. The van der Waals surface area contributed by atoms with Crippen LogP contribution >= 0.6 is 0 Å². The van der Waals surface area contributed by atoms with Crippen LogP contribution in [0.15, 0.2) is 122 Å². The third kappa shape index (κ3) is 3.50. The SMILES string of the molecule is c1cnc2c(c1)ccc1cc(-c3c4ccccc4c(-c4cnc(-c5cnccn5)cn4)c4ccccc34)cnc12. The molecule has 0 spiro atoms. The summed E-state index contributed by atoms with van der Waals surface area (Å²) in [6.45, 7) is 0. The Hall–Kier alpha value is -5.62. The minimum Gasteiger partial charge on any atom is -0.261 e. The highest BCUT2D eigenvalue weighted by Gasteiger charge is 2.18. The van der Waals surface area contributed by atoms with Crippen LogP contribution in [0, 0.1) is 0 Å². The van der Waals surface area contributed by atoms with Crippen molar-refractivity contribution in [3.63, 3.8) is 0 Å². The molecule has 8 rings (SSSR count). The molecule has 0 fully saturated rings. The van der Waals surface area contributed by atoms with Crippen molar-refractivity contribution >= 4 is 43.4 Å². The van der Waals surface area contributed by atoms with E-state index in [0.29, 0.717) is 11.4 Å². The van der Waals surface area contributed by atoms with Crippen LogP contribution in [0.25, 0.3) is 77.1 Å². The summed E-state index contributed by atoms with van der Waals surface area (Å²) in [5.74, 6) is 0. The van der Waals surface area contributed by atoms with E-state index in [1.54, 1.807) is 24.8 Å². The second-order valence-corrected chi connectivity index (χ2v) is 9.66. The van der Waals surface area contributed by atoms with Gasteiger partial charge in [0.2, 0.25) is 0 Å². The molecule has 0 atom stereocenters. The Kier molecular flexibility index (Phi) is 5.03. The van der Waals surface area contributed by atoms with E-state index < -0.39 is 0 Å². The van der Waals surface area contributed by atoms with Crippen molar-refractivity contribution in [2.45, 2.75) is 0 Å². The van der Waals surface area contributed by atoms with Crippen molar-refractivity contribution in [3.8, 4) is 33.8 Å². The Labute approximate surface area is 229 Å². The van der Waals surface area contributed by atoms with Crippen molar-refractivity contribution in [1.29, 1.82) is 0 Å². The number of nitrogens with zero attached hydrogens (tertiary/aromatic N) is 6. The third-order valence-corrected chi connectivity index (χ3v) is 7.38. The van der Waals surface area contributed by atoms with Gasteiger partial charge < -0.3 is 0 Å². The predicted octanol–water partition coefficient (Wildman–Crippen LogP) is 7.67. The maximum atomic E-state index is 4.92. The van der Waals surface area contributed by atoms with Gasteiger partial charge in [-0.1, -0.05) is 66.7 Å². The highest BCUT2D eigenvalue weighted by atomic mass is 14.8. The van der Waals surface area contributed by atoms with Gasteiger partial charge in [-0.15, -0.1) is 0 Å². The Morgan fingerprint density at radius 3 is 1.75 bits per heavy atom. The van der Waals surface area contributed by atoms with Gasteiger partial charge in [0.25, 0.3) is 0 Å². The molecule has 0 N–H and O–H groups in total.